The summed E-state index contributed by atoms with van der Waals surface area (Å²) in [6.07, 6.45) is 4.44. The van der Waals surface area contributed by atoms with Gasteiger partial charge in [0.05, 0.1) is 45.7 Å². The topological polar surface area (TPSA) is 30.2 Å². The van der Waals surface area contributed by atoms with E-state index in [1.807, 2.05) is 0 Å². The first kappa shape index (κ1) is 39.7. The van der Waals surface area contributed by atoms with Crippen LogP contribution in [-0.4, -0.2) is 14.4 Å². The molecular formula is C68H49N3. The predicted octanol–water partition coefficient (Wildman–Crippen LogP) is 16.2. The van der Waals surface area contributed by atoms with Crippen molar-refractivity contribution in [2.24, 2.45) is 0 Å². The van der Waals surface area contributed by atoms with Crippen molar-refractivity contribution in [3.8, 4) is 33.4 Å². The number of aromatic nitrogens is 3. The minimum Gasteiger partial charge on any atom is -0.305 e. The van der Waals surface area contributed by atoms with Crippen LogP contribution in [0.5, 0.6) is 0 Å². The fraction of sp³-hybridized carbons (Fsp3) is 0.147. The highest BCUT2D eigenvalue weighted by atomic mass is 15.0. The first-order valence-corrected chi connectivity index (χ1v) is 25.4. The molecule has 3 heteroatoms. The molecule has 0 N–H and O–H groups in total. The van der Waals surface area contributed by atoms with Crippen LogP contribution >= 0.6 is 0 Å². The van der Waals surface area contributed by atoms with Crippen molar-refractivity contribution in [2.45, 2.75) is 62.7 Å². The molecule has 71 heavy (non-hydrogen) atoms. The second kappa shape index (κ2) is 13.4. The third-order valence-electron chi connectivity index (χ3n) is 17.5. The van der Waals surface area contributed by atoms with Gasteiger partial charge in [0, 0.05) is 49.9 Å². The molecule has 0 aliphatic heterocycles. The van der Waals surface area contributed by atoms with Gasteiger partial charge >= 0.3 is 0 Å². The highest BCUT2D eigenvalue weighted by molar-refractivity contribution is 6.30. The lowest BCUT2D eigenvalue weighted by Gasteiger charge is -2.42. The minimum absolute atomic E-state index is 0.0159. The third kappa shape index (κ3) is 4.76. The Bertz CT molecular complexity index is 4200. The van der Waals surface area contributed by atoms with E-state index < -0.39 is 5.41 Å². The van der Waals surface area contributed by atoms with Crippen LogP contribution in [-0.2, 0) is 16.2 Å². The molecular weight excluding hydrogens is 859 g/mol. The van der Waals surface area contributed by atoms with E-state index >= 15 is 0 Å². The fourth-order valence-electron chi connectivity index (χ4n) is 14.5. The predicted molar refractivity (Wildman–Crippen MR) is 290 cm³/mol. The van der Waals surface area contributed by atoms with Gasteiger partial charge in [0.1, 0.15) is 0 Å². The van der Waals surface area contributed by atoms with E-state index in [-0.39, 0.29) is 22.7 Å². The average Bonchev–Trinajstić information content (AvgIpc) is 4.10. The summed E-state index contributed by atoms with van der Waals surface area (Å²) in [6, 6.07) is 68.8. The molecule has 12 aromatic rings. The summed E-state index contributed by atoms with van der Waals surface area (Å²) in [5.74, 6) is 0.177. The number of fused-ring (bicyclic) bond motifs is 14. The zero-order valence-corrected chi connectivity index (χ0v) is 40.5. The van der Waals surface area contributed by atoms with Crippen molar-refractivity contribution in [3.63, 3.8) is 0 Å². The molecule has 5 aliphatic rings. The number of pyridine rings is 2. The summed E-state index contributed by atoms with van der Waals surface area (Å²) >= 11 is 0. The Balaban J connectivity index is 1.13. The molecule has 0 radical (unpaired) electrons. The molecule has 5 aliphatic carbocycles. The molecule has 2 bridgehead atoms. The summed E-state index contributed by atoms with van der Waals surface area (Å²) in [7, 11) is 0. The van der Waals surface area contributed by atoms with Gasteiger partial charge in [-0.2, -0.15) is 0 Å². The minimum atomic E-state index is -0.663. The number of rotatable bonds is 3. The molecule has 8 aromatic carbocycles. The number of hydrogen-bond acceptors (Lipinski definition) is 2. The van der Waals surface area contributed by atoms with Crippen molar-refractivity contribution < 1.29 is 0 Å². The second-order valence-electron chi connectivity index (χ2n) is 22.3. The van der Waals surface area contributed by atoms with Gasteiger partial charge in [0.15, 0.2) is 0 Å². The quantitative estimate of drug-likeness (QED) is 0.177. The smallest absolute Gasteiger partial charge is 0.0886 e. The first-order chi connectivity index (χ1) is 34.7. The summed E-state index contributed by atoms with van der Waals surface area (Å²) in [6.45, 7) is 11.8. The Kier molecular flexibility index (Phi) is 7.48. The Morgan fingerprint density at radius 1 is 0.465 bits per heavy atom. The van der Waals surface area contributed by atoms with Crippen molar-refractivity contribution in [3.05, 3.63) is 267 Å². The van der Waals surface area contributed by atoms with Crippen LogP contribution in [0.25, 0.3) is 71.5 Å². The molecule has 17 rings (SSSR count). The summed E-state index contributed by atoms with van der Waals surface area (Å²) in [4.78, 5) is 11.4. The van der Waals surface area contributed by atoms with E-state index in [4.69, 9.17) is 9.97 Å². The van der Waals surface area contributed by atoms with E-state index in [1.54, 1.807) is 0 Å². The molecule has 0 spiro atoms. The van der Waals surface area contributed by atoms with Gasteiger partial charge < -0.3 is 4.40 Å². The van der Waals surface area contributed by atoms with E-state index in [2.05, 4.69) is 233 Å². The highest BCUT2D eigenvalue weighted by Crippen LogP contribution is 2.64. The lowest BCUT2D eigenvalue weighted by Crippen LogP contribution is -2.29. The van der Waals surface area contributed by atoms with Crippen molar-refractivity contribution in [1.29, 1.82) is 0 Å². The fourth-order valence-corrected chi connectivity index (χ4v) is 14.5. The maximum absolute atomic E-state index is 5.84. The number of hydrogen-bond donors (Lipinski definition) is 0. The molecule has 0 saturated heterocycles. The van der Waals surface area contributed by atoms with E-state index in [0.717, 1.165) is 22.4 Å². The van der Waals surface area contributed by atoms with Gasteiger partial charge in [-0.3, -0.25) is 9.97 Å². The van der Waals surface area contributed by atoms with E-state index in [9.17, 15) is 0 Å². The normalized spacial score (nSPS) is 17.3. The maximum atomic E-state index is 5.84. The van der Waals surface area contributed by atoms with Crippen LogP contribution in [0, 0.1) is 0 Å². The molecule has 3 nitrogen and oxygen atoms in total. The van der Waals surface area contributed by atoms with Crippen molar-refractivity contribution in [1.82, 2.24) is 14.4 Å². The standard InChI is InChI=1S/C68H49N3/c1-66(2,3)42-30-32-51-48(34-42)60-61-54(37-69-64(60)67(51,4)5)71-53-36-70-65-59(57(53)50-35-49-55-43-25-15-17-27-45(43)56(58(49)62(61)63(50)71)46-28-18-16-26-44(46)55)47-33-39(38-19-9-6-10-20-38)29-31-52(47)68(65,40-21-11-7-12-22-40)41-23-13-8-14-24-41/h6-37,55-56H,1-5H3. The van der Waals surface area contributed by atoms with Crippen LogP contribution in [0.15, 0.2) is 194 Å². The van der Waals surface area contributed by atoms with Gasteiger partial charge in [-0.05, 0) is 101 Å². The molecule has 4 heterocycles. The highest BCUT2D eigenvalue weighted by Gasteiger charge is 2.50. The molecule has 0 saturated carbocycles. The van der Waals surface area contributed by atoms with Crippen LogP contribution < -0.4 is 0 Å². The lowest BCUT2D eigenvalue weighted by molar-refractivity contribution is 0.588. The van der Waals surface area contributed by atoms with E-state index in [1.165, 1.54) is 122 Å². The van der Waals surface area contributed by atoms with Crippen LogP contribution in [0.4, 0.5) is 0 Å². The third-order valence-corrected chi connectivity index (χ3v) is 17.5. The summed E-state index contributed by atoms with van der Waals surface area (Å²) in [5.41, 5.74) is 27.3. The summed E-state index contributed by atoms with van der Waals surface area (Å²) < 4.78 is 2.58. The van der Waals surface area contributed by atoms with Gasteiger partial charge in [-0.15, -0.1) is 0 Å². The van der Waals surface area contributed by atoms with E-state index in [0.29, 0.717) is 0 Å². The molecule has 4 aromatic heterocycles. The van der Waals surface area contributed by atoms with Crippen molar-refractivity contribution >= 4 is 38.1 Å². The average molecular weight is 908 g/mol. The van der Waals surface area contributed by atoms with Gasteiger partial charge in [-0.25, -0.2) is 0 Å². The largest absolute Gasteiger partial charge is 0.305 e. The number of nitrogens with zero attached hydrogens (tertiary/aromatic N) is 3. The lowest BCUT2D eigenvalue weighted by atomic mass is 9.60. The SMILES string of the molecule is CC(C)(C)c1ccc2c(c1)-c1c(ncc3c1c1c4c(cc5c6c7c(ncc6n3c51)C(c1ccccc1)(c1ccccc1)c1ccc(-c3ccccc3)cc1-7)C1c3ccccc3C4c3ccccc31)C2(C)C. The zero-order chi connectivity index (χ0) is 47.3. The van der Waals surface area contributed by atoms with Gasteiger partial charge in [-0.1, -0.05) is 204 Å². The summed E-state index contributed by atoms with van der Waals surface area (Å²) in [5, 5.41) is 5.24. The molecule has 0 unspecified atom stereocenters. The van der Waals surface area contributed by atoms with Gasteiger partial charge in [0.2, 0.25) is 0 Å². The molecule has 0 fully saturated rings. The Morgan fingerprint density at radius 2 is 1.00 bits per heavy atom. The molecule has 336 valence electrons. The monoisotopic (exact) mass is 907 g/mol. The number of benzene rings is 8. The molecule has 0 atom stereocenters. The Morgan fingerprint density at radius 3 is 1.63 bits per heavy atom. The zero-order valence-electron chi connectivity index (χ0n) is 40.5. The van der Waals surface area contributed by atoms with Crippen LogP contribution in [0.3, 0.4) is 0 Å². The van der Waals surface area contributed by atoms with Gasteiger partial charge in [0.25, 0.3) is 0 Å². The first-order valence-electron chi connectivity index (χ1n) is 25.4. The van der Waals surface area contributed by atoms with Crippen LogP contribution in [0.1, 0.15) is 119 Å². The Hall–Kier alpha value is -8.14. The molecule has 0 amide bonds. The van der Waals surface area contributed by atoms with Crippen molar-refractivity contribution in [2.75, 3.05) is 0 Å². The maximum Gasteiger partial charge on any atom is 0.0886 e. The van der Waals surface area contributed by atoms with Crippen LogP contribution in [0.2, 0.25) is 0 Å². The Labute approximate surface area is 413 Å². The second-order valence-corrected chi connectivity index (χ2v) is 22.3.